The number of nitrogens with zero attached hydrogens (tertiary/aromatic N) is 2. The van der Waals surface area contributed by atoms with Gasteiger partial charge in [-0.25, -0.2) is 0 Å². The third-order valence-electron chi connectivity index (χ3n) is 2.91. The monoisotopic (exact) mass is 228 g/mol. The highest BCUT2D eigenvalue weighted by atomic mass is 16.5. The normalized spacial score (nSPS) is 19.0. The van der Waals surface area contributed by atoms with Crippen LogP contribution in [-0.4, -0.2) is 62.1 Å². The molecule has 0 unspecified atom stereocenters. The Bertz CT molecular complexity index is 211. The van der Waals surface area contributed by atoms with Crippen molar-refractivity contribution >= 4 is 5.97 Å². The molecule has 1 aliphatic rings. The zero-order valence-electron chi connectivity index (χ0n) is 10.7. The number of hydrogen-bond donors (Lipinski definition) is 0. The minimum atomic E-state index is -0.0785. The second kappa shape index (κ2) is 6.86. The van der Waals surface area contributed by atoms with E-state index < -0.39 is 0 Å². The molecule has 16 heavy (non-hydrogen) atoms. The maximum absolute atomic E-state index is 11.5. The molecule has 0 spiro atoms. The smallest absolute Gasteiger partial charge is 0.320 e. The average Bonchev–Trinajstić information content (AvgIpc) is 2.21. The Morgan fingerprint density at radius 2 is 1.88 bits per heavy atom. The van der Waals surface area contributed by atoms with Crippen molar-refractivity contribution < 1.29 is 9.53 Å². The Morgan fingerprint density at radius 1 is 1.25 bits per heavy atom. The Balaban J connectivity index is 2.09. The summed E-state index contributed by atoms with van der Waals surface area (Å²) < 4.78 is 5.19. The second-order valence-electron chi connectivity index (χ2n) is 4.98. The van der Waals surface area contributed by atoms with Crippen LogP contribution in [0, 0.1) is 5.92 Å². The van der Waals surface area contributed by atoms with Crippen LogP contribution in [0.5, 0.6) is 0 Å². The van der Waals surface area contributed by atoms with Gasteiger partial charge in [-0.05, 0) is 19.4 Å². The molecule has 0 amide bonds. The highest BCUT2D eigenvalue weighted by Crippen LogP contribution is 2.01. The fourth-order valence-corrected chi connectivity index (χ4v) is 1.64. The number of likely N-dealkylation sites (N-methyl/N-ethyl adjacent to an activating group) is 1. The molecule has 0 aliphatic carbocycles. The van der Waals surface area contributed by atoms with E-state index in [9.17, 15) is 4.79 Å². The molecule has 0 aromatic heterocycles. The predicted octanol–water partition coefficient (Wildman–Crippen LogP) is 0.823. The van der Waals surface area contributed by atoms with Gasteiger partial charge in [-0.3, -0.25) is 9.69 Å². The molecular weight excluding hydrogens is 204 g/mol. The van der Waals surface area contributed by atoms with E-state index in [1.54, 1.807) is 0 Å². The first-order valence-electron chi connectivity index (χ1n) is 6.14. The maximum Gasteiger partial charge on any atom is 0.320 e. The Kier molecular flexibility index (Phi) is 5.77. The largest absolute Gasteiger partial charge is 0.465 e. The summed E-state index contributed by atoms with van der Waals surface area (Å²) in [5.74, 6) is 0.515. The van der Waals surface area contributed by atoms with Crippen LogP contribution in [0.25, 0.3) is 0 Å². The van der Waals surface area contributed by atoms with E-state index in [0.717, 1.165) is 32.6 Å². The molecule has 4 nitrogen and oxygen atoms in total. The van der Waals surface area contributed by atoms with E-state index in [1.165, 1.54) is 0 Å². The summed E-state index contributed by atoms with van der Waals surface area (Å²) in [5.41, 5.74) is 0. The Labute approximate surface area is 98.5 Å². The minimum absolute atomic E-state index is 0.0785. The number of piperazine rings is 1. The van der Waals surface area contributed by atoms with E-state index in [4.69, 9.17) is 4.74 Å². The minimum Gasteiger partial charge on any atom is -0.465 e. The van der Waals surface area contributed by atoms with Crippen LogP contribution in [0.1, 0.15) is 20.3 Å². The Hall–Kier alpha value is -0.610. The van der Waals surface area contributed by atoms with Gasteiger partial charge in [-0.1, -0.05) is 13.8 Å². The van der Waals surface area contributed by atoms with Crippen molar-refractivity contribution in [2.45, 2.75) is 20.3 Å². The van der Waals surface area contributed by atoms with E-state index in [1.807, 2.05) is 0 Å². The number of rotatable bonds is 5. The highest BCUT2D eigenvalue weighted by molar-refractivity contribution is 5.71. The molecule has 1 rings (SSSR count). The first-order chi connectivity index (χ1) is 7.58. The molecule has 0 saturated carbocycles. The van der Waals surface area contributed by atoms with Gasteiger partial charge in [-0.15, -0.1) is 0 Å². The Morgan fingerprint density at radius 3 is 2.44 bits per heavy atom. The summed E-state index contributed by atoms with van der Waals surface area (Å²) in [6.45, 7) is 9.29. The van der Waals surface area contributed by atoms with Crippen molar-refractivity contribution in [2.75, 3.05) is 46.4 Å². The van der Waals surface area contributed by atoms with Crippen molar-refractivity contribution in [1.82, 2.24) is 9.80 Å². The molecule has 1 saturated heterocycles. The van der Waals surface area contributed by atoms with Crippen LogP contribution in [0.3, 0.4) is 0 Å². The van der Waals surface area contributed by atoms with Crippen molar-refractivity contribution in [3.05, 3.63) is 0 Å². The number of ether oxygens (including phenoxy) is 1. The number of esters is 1. The van der Waals surface area contributed by atoms with Gasteiger partial charge in [0.25, 0.3) is 0 Å². The fraction of sp³-hybridized carbons (Fsp3) is 0.917. The SMILES string of the molecule is CC(C)CCOC(=O)CN1CCN(C)CC1. The lowest BCUT2D eigenvalue weighted by atomic mass is 10.1. The zero-order valence-corrected chi connectivity index (χ0v) is 10.7. The van der Waals surface area contributed by atoms with Crippen molar-refractivity contribution in [2.24, 2.45) is 5.92 Å². The van der Waals surface area contributed by atoms with Gasteiger partial charge in [0.15, 0.2) is 0 Å². The molecule has 1 aliphatic heterocycles. The van der Waals surface area contributed by atoms with Gasteiger partial charge < -0.3 is 9.64 Å². The van der Waals surface area contributed by atoms with E-state index in [2.05, 4.69) is 30.7 Å². The summed E-state index contributed by atoms with van der Waals surface area (Å²) in [6.07, 6.45) is 0.953. The van der Waals surface area contributed by atoms with Crippen LogP contribution in [0.2, 0.25) is 0 Å². The fourth-order valence-electron chi connectivity index (χ4n) is 1.64. The number of carbonyl (C=O) groups is 1. The molecule has 0 radical (unpaired) electrons. The highest BCUT2D eigenvalue weighted by Gasteiger charge is 2.16. The molecule has 0 atom stereocenters. The molecule has 0 bridgehead atoms. The van der Waals surface area contributed by atoms with Gasteiger partial charge in [0.2, 0.25) is 0 Å². The number of carbonyl (C=O) groups excluding carboxylic acids is 1. The maximum atomic E-state index is 11.5. The molecule has 94 valence electrons. The molecular formula is C12H24N2O2. The molecule has 0 aromatic carbocycles. The van der Waals surface area contributed by atoms with Crippen LogP contribution < -0.4 is 0 Å². The first-order valence-corrected chi connectivity index (χ1v) is 6.14. The zero-order chi connectivity index (χ0) is 12.0. The topological polar surface area (TPSA) is 32.8 Å². The van der Waals surface area contributed by atoms with Gasteiger partial charge in [-0.2, -0.15) is 0 Å². The molecule has 0 aromatic rings. The number of hydrogen-bond acceptors (Lipinski definition) is 4. The molecule has 1 fully saturated rings. The molecule has 0 N–H and O–H groups in total. The molecule has 1 heterocycles. The third kappa shape index (κ3) is 5.47. The van der Waals surface area contributed by atoms with Gasteiger partial charge in [0, 0.05) is 26.2 Å². The summed E-state index contributed by atoms with van der Waals surface area (Å²) in [5, 5.41) is 0. The van der Waals surface area contributed by atoms with Crippen LogP contribution in [0.4, 0.5) is 0 Å². The third-order valence-corrected chi connectivity index (χ3v) is 2.91. The standard InChI is InChI=1S/C12H24N2O2/c1-11(2)4-9-16-12(15)10-14-7-5-13(3)6-8-14/h11H,4-10H2,1-3H3. The van der Waals surface area contributed by atoms with Gasteiger partial charge in [0.05, 0.1) is 13.2 Å². The summed E-state index contributed by atoms with van der Waals surface area (Å²) in [7, 11) is 2.11. The van der Waals surface area contributed by atoms with Gasteiger partial charge in [0.1, 0.15) is 0 Å². The van der Waals surface area contributed by atoms with Crippen LogP contribution in [0.15, 0.2) is 0 Å². The lowest BCUT2D eigenvalue weighted by Gasteiger charge is -2.31. The quantitative estimate of drug-likeness (QED) is 0.652. The molecule has 4 heteroatoms. The van der Waals surface area contributed by atoms with Crippen molar-refractivity contribution in [1.29, 1.82) is 0 Å². The van der Waals surface area contributed by atoms with Crippen LogP contribution in [-0.2, 0) is 9.53 Å². The van der Waals surface area contributed by atoms with E-state index in [0.29, 0.717) is 19.1 Å². The van der Waals surface area contributed by atoms with E-state index >= 15 is 0 Å². The lowest BCUT2D eigenvalue weighted by molar-refractivity contribution is -0.145. The van der Waals surface area contributed by atoms with Crippen molar-refractivity contribution in [3.8, 4) is 0 Å². The van der Waals surface area contributed by atoms with Crippen LogP contribution >= 0.6 is 0 Å². The second-order valence-corrected chi connectivity index (χ2v) is 4.98. The predicted molar refractivity (Wildman–Crippen MR) is 64.4 cm³/mol. The lowest BCUT2D eigenvalue weighted by Crippen LogP contribution is -2.46. The van der Waals surface area contributed by atoms with Crippen molar-refractivity contribution in [3.63, 3.8) is 0 Å². The summed E-state index contributed by atoms with van der Waals surface area (Å²) >= 11 is 0. The first kappa shape index (κ1) is 13.5. The van der Waals surface area contributed by atoms with E-state index in [-0.39, 0.29) is 5.97 Å². The summed E-state index contributed by atoms with van der Waals surface area (Å²) in [4.78, 5) is 15.9. The average molecular weight is 228 g/mol. The summed E-state index contributed by atoms with van der Waals surface area (Å²) in [6, 6.07) is 0. The van der Waals surface area contributed by atoms with Gasteiger partial charge >= 0.3 is 5.97 Å².